The Bertz CT molecular complexity index is 1160. The molecule has 34 heavy (non-hydrogen) atoms. The Balaban J connectivity index is 1.59. The van der Waals surface area contributed by atoms with Gasteiger partial charge < -0.3 is 20.1 Å². The van der Waals surface area contributed by atoms with Crippen LogP contribution in [0.1, 0.15) is 16.8 Å². The number of nitrogens with zero attached hydrogens (tertiary/aromatic N) is 3. The van der Waals surface area contributed by atoms with Crippen LogP contribution in [-0.4, -0.2) is 47.0 Å². The van der Waals surface area contributed by atoms with Crippen molar-refractivity contribution in [1.29, 1.82) is 0 Å². The molecule has 11 heteroatoms. The van der Waals surface area contributed by atoms with E-state index in [9.17, 15) is 23.1 Å². The van der Waals surface area contributed by atoms with Crippen LogP contribution in [0.2, 0.25) is 5.15 Å². The number of nitrogens with one attached hydrogen (secondary N) is 1. The molecule has 4 rings (SSSR count). The zero-order valence-electron chi connectivity index (χ0n) is 17.7. The van der Waals surface area contributed by atoms with E-state index in [2.05, 4.69) is 20.0 Å². The topological polar surface area (TPSA) is 87.6 Å². The van der Waals surface area contributed by atoms with Crippen molar-refractivity contribution in [3.8, 4) is 16.9 Å². The van der Waals surface area contributed by atoms with E-state index in [1.54, 1.807) is 24.4 Å². The van der Waals surface area contributed by atoms with E-state index in [0.29, 0.717) is 40.9 Å². The normalized spacial score (nSPS) is 15.9. The number of pyridine rings is 2. The first-order chi connectivity index (χ1) is 16.2. The van der Waals surface area contributed by atoms with E-state index in [-0.39, 0.29) is 23.8 Å². The number of alkyl halides is 3. The van der Waals surface area contributed by atoms with Crippen molar-refractivity contribution in [2.45, 2.75) is 12.8 Å². The van der Waals surface area contributed by atoms with E-state index < -0.39 is 12.3 Å². The van der Waals surface area contributed by atoms with Gasteiger partial charge in [-0.3, -0.25) is 4.79 Å². The summed E-state index contributed by atoms with van der Waals surface area (Å²) in [5.41, 5.74) is 1.93. The van der Waals surface area contributed by atoms with Crippen LogP contribution in [0, 0.1) is 5.92 Å². The summed E-state index contributed by atoms with van der Waals surface area (Å²) in [5, 5.41) is 12.5. The number of benzene rings is 1. The predicted octanol–water partition coefficient (Wildman–Crippen LogP) is 4.77. The minimum absolute atomic E-state index is 0.0849. The Kier molecular flexibility index (Phi) is 6.90. The van der Waals surface area contributed by atoms with Crippen LogP contribution in [-0.2, 0) is 0 Å². The van der Waals surface area contributed by atoms with Gasteiger partial charge in [-0.25, -0.2) is 9.97 Å². The van der Waals surface area contributed by atoms with E-state index >= 15 is 0 Å². The van der Waals surface area contributed by atoms with Gasteiger partial charge in [0.25, 0.3) is 5.91 Å². The van der Waals surface area contributed by atoms with Gasteiger partial charge in [-0.1, -0.05) is 11.6 Å². The van der Waals surface area contributed by atoms with Crippen LogP contribution < -0.4 is 15.0 Å². The summed E-state index contributed by atoms with van der Waals surface area (Å²) >= 11 is 5.92. The minimum Gasteiger partial charge on any atom is -0.406 e. The molecule has 178 valence electrons. The fraction of sp³-hybridized carbons (Fsp3) is 0.261. The van der Waals surface area contributed by atoms with Crippen LogP contribution in [0.15, 0.2) is 54.9 Å². The molecule has 1 aliphatic rings. The molecule has 1 atom stereocenters. The lowest BCUT2D eigenvalue weighted by Crippen LogP contribution is -2.23. The SMILES string of the molecule is O=C(Nc1ccc(OC(F)(F)F)cc1)c1cnc(N2CCC(CO)C2)c(-c2ccc(Cl)nc2)c1. The molecular weight excluding hydrogens is 473 g/mol. The Hall–Kier alpha value is -3.37. The molecule has 0 spiro atoms. The second kappa shape index (κ2) is 9.86. The number of anilines is 2. The third-order valence-corrected chi connectivity index (χ3v) is 5.58. The summed E-state index contributed by atoms with van der Waals surface area (Å²) in [6.45, 7) is 1.43. The number of aliphatic hydroxyl groups is 1. The molecule has 2 N–H and O–H groups in total. The standard InChI is InChI=1S/C23H20ClF3N4O3/c24-20-6-1-15(10-28-20)19-9-16(11-29-21(19)31-8-7-14(12-31)13-32)22(33)30-17-2-4-18(5-3-17)34-23(25,26)27/h1-6,9-11,14,32H,7-8,12-13H2,(H,30,33). The lowest BCUT2D eigenvalue weighted by Gasteiger charge is -2.21. The molecule has 1 aromatic carbocycles. The van der Waals surface area contributed by atoms with Crippen LogP contribution in [0.4, 0.5) is 24.7 Å². The number of hydrogen-bond donors (Lipinski definition) is 2. The Morgan fingerprint density at radius 3 is 2.56 bits per heavy atom. The number of rotatable bonds is 6. The van der Waals surface area contributed by atoms with Crippen molar-refractivity contribution >= 4 is 29.0 Å². The van der Waals surface area contributed by atoms with Crippen molar-refractivity contribution in [2.75, 3.05) is 29.9 Å². The van der Waals surface area contributed by atoms with Crippen molar-refractivity contribution < 1.29 is 27.8 Å². The maximum absolute atomic E-state index is 12.9. The van der Waals surface area contributed by atoms with Crippen molar-refractivity contribution in [1.82, 2.24) is 9.97 Å². The quantitative estimate of drug-likeness (QED) is 0.482. The number of aliphatic hydroxyl groups excluding tert-OH is 1. The summed E-state index contributed by atoms with van der Waals surface area (Å²) in [6.07, 6.45) is -0.946. The number of aromatic nitrogens is 2. The first-order valence-corrected chi connectivity index (χ1v) is 10.7. The summed E-state index contributed by atoms with van der Waals surface area (Å²) < 4.78 is 40.8. The molecule has 0 saturated carbocycles. The number of halogens is 4. The molecule has 0 bridgehead atoms. The number of amides is 1. The second-order valence-electron chi connectivity index (χ2n) is 7.77. The summed E-state index contributed by atoms with van der Waals surface area (Å²) in [7, 11) is 0. The zero-order valence-corrected chi connectivity index (χ0v) is 18.5. The first kappa shape index (κ1) is 23.8. The third-order valence-electron chi connectivity index (χ3n) is 5.36. The van der Waals surface area contributed by atoms with Gasteiger partial charge in [0.15, 0.2) is 0 Å². The molecule has 0 radical (unpaired) electrons. The van der Waals surface area contributed by atoms with Crippen LogP contribution >= 0.6 is 11.6 Å². The molecule has 3 heterocycles. The molecule has 1 aliphatic heterocycles. The lowest BCUT2D eigenvalue weighted by molar-refractivity contribution is -0.274. The highest BCUT2D eigenvalue weighted by Crippen LogP contribution is 2.33. The van der Waals surface area contributed by atoms with Gasteiger partial charge in [0, 0.05) is 54.8 Å². The Morgan fingerprint density at radius 2 is 1.94 bits per heavy atom. The van der Waals surface area contributed by atoms with Crippen LogP contribution in [0.3, 0.4) is 0 Å². The highest BCUT2D eigenvalue weighted by atomic mass is 35.5. The Morgan fingerprint density at radius 1 is 1.18 bits per heavy atom. The molecule has 1 amide bonds. The van der Waals surface area contributed by atoms with Gasteiger partial charge in [-0.15, -0.1) is 13.2 Å². The summed E-state index contributed by atoms with van der Waals surface area (Å²) in [6, 6.07) is 9.93. The lowest BCUT2D eigenvalue weighted by atomic mass is 10.1. The van der Waals surface area contributed by atoms with Crippen LogP contribution in [0.25, 0.3) is 11.1 Å². The molecule has 3 aromatic rings. The van der Waals surface area contributed by atoms with E-state index in [1.165, 1.54) is 18.3 Å². The molecule has 1 saturated heterocycles. The number of hydrogen-bond acceptors (Lipinski definition) is 6. The highest BCUT2D eigenvalue weighted by Gasteiger charge is 2.31. The molecule has 7 nitrogen and oxygen atoms in total. The maximum atomic E-state index is 12.9. The molecular formula is C23H20ClF3N4O3. The summed E-state index contributed by atoms with van der Waals surface area (Å²) in [5.74, 6) is -0.0715. The van der Waals surface area contributed by atoms with Crippen molar-refractivity contribution in [3.05, 3.63) is 65.6 Å². The van der Waals surface area contributed by atoms with Gasteiger partial charge in [-0.2, -0.15) is 0 Å². The molecule has 0 aliphatic carbocycles. The zero-order chi connectivity index (χ0) is 24.3. The fourth-order valence-electron chi connectivity index (χ4n) is 3.70. The second-order valence-corrected chi connectivity index (χ2v) is 8.16. The van der Waals surface area contributed by atoms with Gasteiger partial charge >= 0.3 is 6.36 Å². The van der Waals surface area contributed by atoms with Gasteiger partial charge in [-0.05, 0) is 48.9 Å². The van der Waals surface area contributed by atoms with Crippen LogP contribution in [0.5, 0.6) is 5.75 Å². The Labute approximate surface area is 198 Å². The largest absolute Gasteiger partial charge is 0.573 e. The minimum atomic E-state index is -4.79. The fourth-order valence-corrected chi connectivity index (χ4v) is 3.81. The molecule has 2 aromatic heterocycles. The predicted molar refractivity (Wildman–Crippen MR) is 121 cm³/mol. The van der Waals surface area contributed by atoms with Crippen molar-refractivity contribution in [3.63, 3.8) is 0 Å². The van der Waals surface area contributed by atoms with Gasteiger partial charge in [0.05, 0.1) is 5.56 Å². The number of ether oxygens (including phenoxy) is 1. The average molecular weight is 493 g/mol. The van der Waals surface area contributed by atoms with Crippen molar-refractivity contribution in [2.24, 2.45) is 5.92 Å². The molecule has 1 unspecified atom stereocenters. The van der Waals surface area contributed by atoms with Gasteiger partial charge in [0.2, 0.25) is 0 Å². The van der Waals surface area contributed by atoms with Gasteiger partial charge in [0.1, 0.15) is 16.7 Å². The van der Waals surface area contributed by atoms with E-state index in [1.807, 2.05) is 4.90 Å². The van der Waals surface area contributed by atoms with E-state index in [4.69, 9.17) is 11.6 Å². The maximum Gasteiger partial charge on any atom is 0.573 e. The highest BCUT2D eigenvalue weighted by molar-refractivity contribution is 6.29. The number of carbonyl (C=O) groups excluding carboxylic acids is 1. The monoisotopic (exact) mass is 492 g/mol. The first-order valence-electron chi connectivity index (χ1n) is 10.4. The van der Waals surface area contributed by atoms with E-state index in [0.717, 1.165) is 18.6 Å². The molecule has 1 fully saturated rings. The average Bonchev–Trinajstić information content (AvgIpc) is 3.29. The third kappa shape index (κ3) is 5.75. The smallest absolute Gasteiger partial charge is 0.406 e. The number of carbonyl (C=O) groups is 1. The summed E-state index contributed by atoms with van der Waals surface area (Å²) in [4.78, 5) is 23.5.